The summed E-state index contributed by atoms with van der Waals surface area (Å²) in [6.45, 7) is 0.299. The number of amides is 1. The second-order valence-electron chi connectivity index (χ2n) is 6.62. The Bertz CT molecular complexity index is 698. The molecule has 1 saturated carbocycles. The van der Waals surface area contributed by atoms with E-state index in [4.69, 9.17) is 0 Å². The summed E-state index contributed by atoms with van der Waals surface area (Å²) in [5.74, 6) is 0.438. The Kier molecular flexibility index (Phi) is 5.60. The second-order valence-corrected chi connectivity index (χ2v) is 6.62. The largest absolute Gasteiger partial charge is 0.388 e. The molecule has 0 atom stereocenters. The Hall–Kier alpha value is -2.47. The first-order chi connectivity index (χ1) is 12.1. The molecule has 6 nitrogen and oxygen atoms in total. The lowest BCUT2D eigenvalue weighted by atomic mass is 9.94. The van der Waals surface area contributed by atoms with Crippen LogP contribution in [0.2, 0.25) is 0 Å². The molecule has 6 heteroatoms. The van der Waals surface area contributed by atoms with Gasteiger partial charge >= 0.3 is 0 Å². The van der Waals surface area contributed by atoms with Crippen LogP contribution in [0.1, 0.15) is 48.9 Å². The molecule has 1 heterocycles. The van der Waals surface area contributed by atoms with Gasteiger partial charge in [0.1, 0.15) is 5.82 Å². The molecule has 1 aliphatic carbocycles. The fraction of sp³-hybridized carbons (Fsp3) is 0.421. The van der Waals surface area contributed by atoms with Gasteiger partial charge in [0.05, 0.1) is 11.8 Å². The van der Waals surface area contributed by atoms with Crippen molar-refractivity contribution in [1.29, 1.82) is 0 Å². The van der Waals surface area contributed by atoms with E-state index in [-0.39, 0.29) is 5.91 Å². The molecule has 0 bridgehead atoms. The van der Waals surface area contributed by atoms with Crippen molar-refractivity contribution in [2.75, 3.05) is 11.9 Å². The molecular formula is C19H24N4O2. The van der Waals surface area contributed by atoms with Crippen LogP contribution in [-0.2, 0) is 0 Å². The molecule has 3 rings (SSSR count). The van der Waals surface area contributed by atoms with Gasteiger partial charge in [-0.2, -0.15) is 0 Å². The van der Waals surface area contributed by atoms with Crippen LogP contribution in [0.25, 0.3) is 0 Å². The summed E-state index contributed by atoms with van der Waals surface area (Å²) in [7, 11) is 0. The lowest BCUT2D eigenvalue weighted by Crippen LogP contribution is -2.42. The van der Waals surface area contributed by atoms with Gasteiger partial charge in [-0.3, -0.25) is 9.78 Å². The number of anilines is 2. The van der Waals surface area contributed by atoms with Gasteiger partial charge in [0.2, 0.25) is 0 Å². The minimum atomic E-state index is -0.776. The van der Waals surface area contributed by atoms with Crippen molar-refractivity contribution in [3.8, 4) is 0 Å². The third-order valence-corrected chi connectivity index (χ3v) is 4.57. The second kappa shape index (κ2) is 8.07. The fourth-order valence-electron chi connectivity index (χ4n) is 3.16. The molecule has 1 aromatic heterocycles. The average Bonchev–Trinajstić information content (AvgIpc) is 2.86. The number of hydrogen-bond acceptors (Lipinski definition) is 5. The van der Waals surface area contributed by atoms with Crippen LogP contribution < -0.4 is 10.6 Å². The van der Waals surface area contributed by atoms with E-state index in [9.17, 15) is 9.90 Å². The van der Waals surface area contributed by atoms with Gasteiger partial charge in [-0.05, 0) is 31.0 Å². The van der Waals surface area contributed by atoms with E-state index in [1.54, 1.807) is 30.7 Å². The Labute approximate surface area is 147 Å². The summed E-state index contributed by atoms with van der Waals surface area (Å²) < 4.78 is 0. The zero-order valence-corrected chi connectivity index (χ0v) is 14.2. The SMILES string of the molecule is O=C(NCC1(O)CCCCCC1)c1cccc(Nc2cnccn2)c1. The number of rotatable bonds is 5. The predicted octanol–water partition coefficient (Wildman–Crippen LogP) is 3.04. The minimum absolute atomic E-state index is 0.180. The van der Waals surface area contributed by atoms with E-state index in [2.05, 4.69) is 20.6 Å². The topological polar surface area (TPSA) is 87.1 Å². The molecule has 1 aromatic carbocycles. The fourth-order valence-corrected chi connectivity index (χ4v) is 3.16. The smallest absolute Gasteiger partial charge is 0.251 e. The standard InChI is InChI=1S/C19H24N4O2/c24-18(22-14-19(25)8-3-1-2-4-9-19)15-6-5-7-16(12-15)23-17-13-20-10-11-21-17/h5-7,10-13,25H,1-4,8-9,14H2,(H,21,23)(H,22,24). The van der Waals surface area contributed by atoms with Crippen molar-refractivity contribution in [2.45, 2.75) is 44.1 Å². The van der Waals surface area contributed by atoms with E-state index in [1.165, 1.54) is 0 Å². The summed E-state index contributed by atoms with van der Waals surface area (Å²) in [6, 6.07) is 7.20. The van der Waals surface area contributed by atoms with Crippen molar-refractivity contribution in [3.05, 3.63) is 48.4 Å². The van der Waals surface area contributed by atoms with Gasteiger partial charge in [0.15, 0.2) is 0 Å². The number of aliphatic hydroxyl groups is 1. The number of carbonyl (C=O) groups is 1. The maximum atomic E-state index is 12.4. The number of nitrogens with zero attached hydrogens (tertiary/aromatic N) is 2. The maximum absolute atomic E-state index is 12.4. The van der Waals surface area contributed by atoms with E-state index >= 15 is 0 Å². The Balaban J connectivity index is 1.61. The highest BCUT2D eigenvalue weighted by atomic mass is 16.3. The monoisotopic (exact) mass is 340 g/mol. The number of aromatic nitrogens is 2. The zero-order chi connectivity index (χ0) is 17.5. The Morgan fingerprint density at radius 1 is 1.16 bits per heavy atom. The molecule has 2 aromatic rings. The number of carbonyl (C=O) groups excluding carboxylic acids is 1. The third-order valence-electron chi connectivity index (χ3n) is 4.57. The van der Waals surface area contributed by atoms with Crippen molar-refractivity contribution in [1.82, 2.24) is 15.3 Å². The first-order valence-corrected chi connectivity index (χ1v) is 8.78. The maximum Gasteiger partial charge on any atom is 0.251 e. The van der Waals surface area contributed by atoms with Crippen LogP contribution in [0.15, 0.2) is 42.9 Å². The molecule has 25 heavy (non-hydrogen) atoms. The summed E-state index contributed by atoms with van der Waals surface area (Å²) >= 11 is 0. The van der Waals surface area contributed by atoms with Crippen molar-refractivity contribution in [3.63, 3.8) is 0 Å². The lowest BCUT2D eigenvalue weighted by Gasteiger charge is -2.26. The van der Waals surface area contributed by atoms with Crippen LogP contribution in [0, 0.1) is 0 Å². The molecule has 1 amide bonds. The van der Waals surface area contributed by atoms with Crippen LogP contribution in [0.3, 0.4) is 0 Å². The van der Waals surface area contributed by atoms with Gasteiger partial charge < -0.3 is 15.7 Å². The zero-order valence-electron chi connectivity index (χ0n) is 14.2. The highest BCUT2D eigenvalue weighted by Crippen LogP contribution is 2.26. The van der Waals surface area contributed by atoms with Crippen molar-refractivity contribution in [2.24, 2.45) is 0 Å². The Morgan fingerprint density at radius 2 is 1.96 bits per heavy atom. The van der Waals surface area contributed by atoms with Crippen LogP contribution in [0.4, 0.5) is 11.5 Å². The quantitative estimate of drug-likeness (QED) is 0.728. The summed E-state index contributed by atoms with van der Waals surface area (Å²) in [4.78, 5) is 20.6. The number of hydrogen-bond donors (Lipinski definition) is 3. The predicted molar refractivity (Wildman–Crippen MR) is 96.7 cm³/mol. The lowest BCUT2D eigenvalue weighted by molar-refractivity contribution is 0.0246. The molecule has 0 saturated heterocycles. The highest BCUT2D eigenvalue weighted by molar-refractivity contribution is 5.95. The van der Waals surface area contributed by atoms with Crippen molar-refractivity contribution >= 4 is 17.4 Å². The normalized spacial score (nSPS) is 16.7. The van der Waals surface area contributed by atoms with Crippen LogP contribution in [0.5, 0.6) is 0 Å². The van der Waals surface area contributed by atoms with E-state index in [0.717, 1.165) is 44.2 Å². The van der Waals surface area contributed by atoms with E-state index < -0.39 is 5.60 Å². The molecular weight excluding hydrogens is 316 g/mol. The van der Waals surface area contributed by atoms with Gasteiger partial charge in [-0.1, -0.05) is 31.7 Å². The van der Waals surface area contributed by atoms with Gasteiger partial charge in [0, 0.05) is 30.2 Å². The molecule has 132 valence electrons. The van der Waals surface area contributed by atoms with E-state index in [0.29, 0.717) is 17.9 Å². The average molecular weight is 340 g/mol. The first-order valence-electron chi connectivity index (χ1n) is 8.78. The number of nitrogens with one attached hydrogen (secondary N) is 2. The summed E-state index contributed by atoms with van der Waals surface area (Å²) in [5.41, 5.74) is 0.536. The summed E-state index contributed by atoms with van der Waals surface area (Å²) in [6.07, 6.45) is 10.7. The van der Waals surface area contributed by atoms with Gasteiger partial charge in [-0.25, -0.2) is 4.98 Å². The molecule has 0 aliphatic heterocycles. The van der Waals surface area contributed by atoms with Crippen molar-refractivity contribution < 1.29 is 9.90 Å². The molecule has 1 aliphatic rings. The molecule has 3 N–H and O–H groups in total. The van der Waals surface area contributed by atoms with Gasteiger partial charge in [-0.15, -0.1) is 0 Å². The van der Waals surface area contributed by atoms with E-state index in [1.807, 2.05) is 12.1 Å². The molecule has 1 fully saturated rings. The number of benzene rings is 1. The summed E-state index contributed by atoms with van der Waals surface area (Å²) in [5, 5.41) is 16.7. The van der Waals surface area contributed by atoms with Gasteiger partial charge in [0.25, 0.3) is 5.91 Å². The minimum Gasteiger partial charge on any atom is -0.388 e. The molecule has 0 spiro atoms. The van der Waals surface area contributed by atoms with Crippen LogP contribution in [-0.4, -0.2) is 33.1 Å². The highest BCUT2D eigenvalue weighted by Gasteiger charge is 2.28. The van der Waals surface area contributed by atoms with Crippen LogP contribution >= 0.6 is 0 Å². The first kappa shape index (κ1) is 17.4. The molecule has 0 unspecified atom stereocenters. The Morgan fingerprint density at radius 3 is 2.68 bits per heavy atom. The molecule has 0 radical (unpaired) electrons. The third kappa shape index (κ3) is 5.00.